The van der Waals surface area contributed by atoms with Crippen LogP contribution in [-0.4, -0.2) is 129 Å². The fourth-order valence-corrected chi connectivity index (χ4v) is 9.15. The van der Waals surface area contributed by atoms with Crippen LogP contribution in [0.25, 0.3) is 76.8 Å². The Morgan fingerprint density at radius 1 is 0.279 bits per heavy atom. The van der Waals surface area contributed by atoms with Gasteiger partial charge in [-0.25, -0.2) is 0 Å². The van der Waals surface area contributed by atoms with Gasteiger partial charge in [0.25, 0.3) is 0 Å². The lowest BCUT2D eigenvalue weighted by molar-refractivity contribution is 0.281. The SMILES string of the molecule is CN(C)CCCOc1ccc(-c2cc(-c3ccc(OCCCN(C)C)cc3)c3ccc4c(-c5ccc(OCCCN(C)C)cc5)cc(-c5ccc(OCCCN(C)C)cc5)c5ccc2c3c54)cc1. The monoisotopic (exact) mass is 911 g/mol. The number of nitrogens with zero attached hydrogens (tertiary/aromatic N) is 4. The molecule has 8 heteroatoms. The number of hydrogen-bond acceptors (Lipinski definition) is 8. The Labute approximate surface area is 404 Å². The zero-order chi connectivity index (χ0) is 47.6. The third kappa shape index (κ3) is 11.9. The van der Waals surface area contributed by atoms with Crippen LogP contribution in [0.4, 0.5) is 0 Å². The third-order valence-electron chi connectivity index (χ3n) is 12.6. The van der Waals surface area contributed by atoms with E-state index in [9.17, 15) is 0 Å². The first-order valence-electron chi connectivity index (χ1n) is 24.3. The lowest BCUT2D eigenvalue weighted by Crippen LogP contribution is -2.15. The molecule has 0 aliphatic carbocycles. The van der Waals surface area contributed by atoms with Gasteiger partial charge in [0.15, 0.2) is 0 Å². The summed E-state index contributed by atoms with van der Waals surface area (Å²) in [7, 11) is 16.8. The van der Waals surface area contributed by atoms with Crippen LogP contribution in [0.15, 0.2) is 133 Å². The highest BCUT2D eigenvalue weighted by Gasteiger charge is 2.21. The third-order valence-corrected chi connectivity index (χ3v) is 12.6. The van der Waals surface area contributed by atoms with Crippen molar-refractivity contribution >= 4 is 32.3 Å². The second kappa shape index (κ2) is 22.8. The van der Waals surface area contributed by atoms with Crippen molar-refractivity contribution in [2.24, 2.45) is 0 Å². The molecule has 8 rings (SSSR count). The van der Waals surface area contributed by atoms with Crippen LogP contribution in [0.2, 0.25) is 0 Å². The molecular formula is C60H70N4O4. The smallest absolute Gasteiger partial charge is 0.119 e. The number of benzene rings is 8. The van der Waals surface area contributed by atoms with Gasteiger partial charge in [0, 0.05) is 26.2 Å². The molecular weight excluding hydrogens is 841 g/mol. The molecule has 0 unspecified atom stereocenters. The summed E-state index contributed by atoms with van der Waals surface area (Å²) in [6, 6.07) is 48.8. The van der Waals surface area contributed by atoms with Crippen LogP contribution in [0, 0.1) is 0 Å². The van der Waals surface area contributed by atoms with Gasteiger partial charge in [-0.15, -0.1) is 0 Å². The lowest BCUT2D eigenvalue weighted by Gasteiger charge is -2.22. The fourth-order valence-electron chi connectivity index (χ4n) is 9.15. The van der Waals surface area contributed by atoms with Gasteiger partial charge in [-0.05, 0) is 220 Å². The van der Waals surface area contributed by atoms with Crippen molar-refractivity contribution < 1.29 is 18.9 Å². The van der Waals surface area contributed by atoms with Gasteiger partial charge < -0.3 is 38.5 Å². The molecule has 68 heavy (non-hydrogen) atoms. The zero-order valence-electron chi connectivity index (χ0n) is 41.6. The van der Waals surface area contributed by atoms with Gasteiger partial charge in [0.2, 0.25) is 0 Å². The summed E-state index contributed by atoms with van der Waals surface area (Å²) in [5.74, 6) is 3.54. The molecule has 0 amide bonds. The zero-order valence-corrected chi connectivity index (χ0v) is 41.6. The average Bonchev–Trinajstić information content (AvgIpc) is 3.34. The van der Waals surface area contributed by atoms with E-state index < -0.39 is 0 Å². The summed E-state index contributed by atoms with van der Waals surface area (Å²) >= 11 is 0. The maximum Gasteiger partial charge on any atom is 0.119 e. The second-order valence-electron chi connectivity index (χ2n) is 19.1. The van der Waals surface area contributed by atoms with Crippen LogP contribution in [0.3, 0.4) is 0 Å². The van der Waals surface area contributed by atoms with Crippen LogP contribution < -0.4 is 18.9 Å². The molecule has 0 saturated heterocycles. The molecule has 8 nitrogen and oxygen atoms in total. The van der Waals surface area contributed by atoms with Crippen molar-refractivity contribution in [2.45, 2.75) is 25.7 Å². The predicted octanol–water partition coefficient (Wildman–Crippen LogP) is 12.6. The largest absolute Gasteiger partial charge is 0.494 e. The molecule has 0 fully saturated rings. The Balaban J connectivity index is 1.27. The van der Waals surface area contributed by atoms with E-state index in [-0.39, 0.29) is 0 Å². The first-order chi connectivity index (χ1) is 33.0. The van der Waals surface area contributed by atoms with E-state index in [1.54, 1.807) is 0 Å². The van der Waals surface area contributed by atoms with Crippen LogP contribution in [-0.2, 0) is 0 Å². The minimum Gasteiger partial charge on any atom is -0.494 e. The first-order valence-corrected chi connectivity index (χ1v) is 24.3. The molecule has 0 atom stereocenters. The molecule has 8 aromatic carbocycles. The molecule has 0 N–H and O–H groups in total. The summed E-state index contributed by atoms with van der Waals surface area (Å²) in [5, 5.41) is 7.37. The summed E-state index contributed by atoms with van der Waals surface area (Å²) in [4.78, 5) is 8.77. The summed E-state index contributed by atoms with van der Waals surface area (Å²) in [6.07, 6.45) is 3.89. The highest BCUT2D eigenvalue weighted by molar-refractivity contribution is 6.32. The molecule has 354 valence electrons. The quantitative estimate of drug-likeness (QED) is 0.0439. The van der Waals surface area contributed by atoms with E-state index in [0.717, 1.165) is 97.1 Å². The summed E-state index contributed by atoms with van der Waals surface area (Å²) in [6.45, 7) is 6.68. The van der Waals surface area contributed by atoms with Crippen molar-refractivity contribution in [3.63, 3.8) is 0 Å². The Bertz CT molecular complexity index is 2450. The minimum atomic E-state index is 0.680. The van der Waals surface area contributed by atoms with E-state index in [1.807, 2.05) is 0 Å². The topological polar surface area (TPSA) is 49.9 Å². The van der Waals surface area contributed by atoms with Gasteiger partial charge in [-0.3, -0.25) is 0 Å². The molecule has 0 heterocycles. The Kier molecular flexibility index (Phi) is 16.2. The van der Waals surface area contributed by atoms with E-state index in [1.165, 1.54) is 54.6 Å². The van der Waals surface area contributed by atoms with E-state index in [2.05, 4.69) is 209 Å². The van der Waals surface area contributed by atoms with Crippen LogP contribution in [0.1, 0.15) is 25.7 Å². The molecule has 0 aliphatic heterocycles. The Hall–Kier alpha value is -6.16. The van der Waals surface area contributed by atoms with Crippen molar-refractivity contribution in [3.8, 4) is 67.5 Å². The highest BCUT2D eigenvalue weighted by Crippen LogP contribution is 2.49. The number of hydrogen-bond donors (Lipinski definition) is 0. The number of rotatable bonds is 24. The molecule has 0 bridgehead atoms. The molecule has 0 saturated carbocycles. The molecule has 0 spiro atoms. The van der Waals surface area contributed by atoms with Crippen molar-refractivity contribution in [1.29, 1.82) is 0 Å². The standard InChI is InChI=1S/C60H70N4O4/c1-61(2)33-9-37-65-47-21-13-43(14-22-47)55-41-56(44-15-23-48(24-16-44)66-38-10-34-62(3)4)52-31-32-54-58(46-19-27-50(28-20-46)68-40-12-36-64(7)8)42-57(53-30-29-51(55)59(52)60(53)54)45-17-25-49(26-18-45)67-39-11-35-63(5)6/h13-32,41-42H,9-12,33-40H2,1-8H3. The maximum atomic E-state index is 6.21. The first kappa shape index (κ1) is 48.3. The fraction of sp³-hybridized carbons (Fsp3) is 0.333. The normalized spacial score (nSPS) is 11.9. The Morgan fingerprint density at radius 3 is 0.676 bits per heavy atom. The number of ether oxygens (including phenoxy) is 4. The average molecular weight is 911 g/mol. The Morgan fingerprint density at radius 2 is 0.485 bits per heavy atom. The summed E-state index contributed by atoms with van der Waals surface area (Å²) < 4.78 is 24.8. The molecule has 8 aromatic rings. The van der Waals surface area contributed by atoms with Gasteiger partial charge >= 0.3 is 0 Å². The maximum absolute atomic E-state index is 6.21. The van der Waals surface area contributed by atoms with E-state index in [4.69, 9.17) is 18.9 Å². The van der Waals surface area contributed by atoms with Gasteiger partial charge in [-0.2, -0.15) is 0 Å². The summed E-state index contributed by atoms with van der Waals surface area (Å²) in [5.41, 5.74) is 9.32. The molecule has 0 aromatic heterocycles. The molecule has 0 radical (unpaired) electrons. The van der Waals surface area contributed by atoms with Crippen LogP contribution >= 0.6 is 0 Å². The van der Waals surface area contributed by atoms with Gasteiger partial charge in [0.1, 0.15) is 23.0 Å². The lowest BCUT2D eigenvalue weighted by atomic mass is 9.82. The van der Waals surface area contributed by atoms with Crippen molar-refractivity contribution in [2.75, 3.05) is 109 Å². The van der Waals surface area contributed by atoms with E-state index in [0.29, 0.717) is 26.4 Å². The highest BCUT2D eigenvalue weighted by atomic mass is 16.5. The van der Waals surface area contributed by atoms with Gasteiger partial charge in [-0.1, -0.05) is 72.8 Å². The van der Waals surface area contributed by atoms with Crippen LogP contribution in [0.5, 0.6) is 23.0 Å². The second-order valence-corrected chi connectivity index (χ2v) is 19.1. The van der Waals surface area contributed by atoms with Crippen molar-refractivity contribution in [1.82, 2.24) is 19.6 Å². The molecule has 0 aliphatic rings. The predicted molar refractivity (Wildman–Crippen MR) is 287 cm³/mol. The van der Waals surface area contributed by atoms with E-state index >= 15 is 0 Å². The van der Waals surface area contributed by atoms with Crippen molar-refractivity contribution in [3.05, 3.63) is 133 Å². The minimum absolute atomic E-state index is 0.680. The van der Waals surface area contributed by atoms with Gasteiger partial charge in [0.05, 0.1) is 26.4 Å².